The van der Waals surface area contributed by atoms with Crippen molar-refractivity contribution in [1.29, 1.82) is 0 Å². The van der Waals surface area contributed by atoms with Crippen molar-refractivity contribution in [2.75, 3.05) is 0 Å². The van der Waals surface area contributed by atoms with Gasteiger partial charge in [-0.25, -0.2) is 0 Å². The molecule has 0 radical (unpaired) electrons. The van der Waals surface area contributed by atoms with E-state index in [1.165, 1.54) is 17.3 Å². The highest BCUT2D eigenvalue weighted by Crippen LogP contribution is 2.36. The zero-order valence-electron chi connectivity index (χ0n) is 13.9. The standard InChI is InChI=1S/C20H17BrClNOS/c1-13(2)17-5-3-4-6-19(17)23-12-15-11-18(21)20(24-15)25-16-9-7-14(22)8-10-16/h3-13H,1-2H3. The summed E-state index contributed by atoms with van der Waals surface area (Å²) in [7, 11) is 0. The first kappa shape index (κ1) is 18.3. The zero-order valence-corrected chi connectivity index (χ0v) is 17.0. The van der Waals surface area contributed by atoms with E-state index in [0.717, 1.165) is 25.2 Å². The third-order valence-electron chi connectivity index (χ3n) is 3.59. The van der Waals surface area contributed by atoms with Gasteiger partial charge in [0.15, 0.2) is 5.09 Å². The van der Waals surface area contributed by atoms with Gasteiger partial charge >= 0.3 is 0 Å². The summed E-state index contributed by atoms with van der Waals surface area (Å²) in [6, 6.07) is 17.8. The van der Waals surface area contributed by atoms with E-state index in [1.54, 1.807) is 6.21 Å². The minimum absolute atomic E-state index is 0.424. The molecule has 25 heavy (non-hydrogen) atoms. The van der Waals surface area contributed by atoms with Crippen LogP contribution in [-0.2, 0) is 0 Å². The Balaban J connectivity index is 1.80. The van der Waals surface area contributed by atoms with Gasteiger partial charge in [0.2, 0.25) is 0 Å². The molecule has 2 nitrogen and oxygen atoms in total. The number of hydrogen-bond acceptors (Lipinski definition) is 3. The monoisotopic (exact) mass is 433 g/mol. The molecule has 1 heterocycles. The van der Waals surface area contributed by atoms with E-state index >= 15 is 0 Å². The molecule has 2 aromatic carbocycles. The quantitative estimate of drug-likeness (QED) is 0.384. The maximum Gasteiger partial charge on any atom is 0.179 e. The van der Waals surface area contributed by atoms with Gasteiger partial charge in [-0.1, -0.05) is 55.4 Å². The van der Waals surface area contributed by atoms with Crippen LogP contribution < -0.4 is 0 Å². The lowest BCUT2D eigenvalue weighted by Gasteiger charge is -2.07. The Morgan fingerprint density at radius 1 is 1.12 bits per heavy atom. The number of halogens is 2. The molecule has 0 unspecified atom stereocenters. The first-order chi connectivity index (χ1) is 12.0. The Morgan fingerprint density at radius 2 is 1.84 bits per heavy atom. The molecule has 128 valence electrons. The van der Waals surface area contributed by atoms with Gasteiger partial charge in [-0.3, -0.25) is 4.99 Å². The van der Waals surface area contributed by atoms with Crippen LogP contribution in [0.3, 0.4) is 0 Å². The molecule has 0 fully saturated rings. The number of hydrogen-bond donors (Lipinski definition) is 0. The molecule has 0 saturated heterocycles. The summed E-state index contributed by atoms with van der Waals surface area (Å²) in [4.78, 5) is 5.67. The molecule has 5 heteroatoms. The molecule has 0 aliphatic carbocycles. The van der Waals surface area contributed by atoms with Gasteiger partial charge in [-0.05, 0) is 57.7 Å². The third kappa shape index (κ3) is 4.78. The summed E-state index contributed by atoms with van der Waals surface area (Å²) < 4.78 is 6.81. The predicted octanol–water partition coefficient (Wildman–Crippen LogP) is 7.72. The average molecular weight is 435 g/mol. The molecule has 0 saturated carbocycles. The van der Waals surface area contributed by atoms with Crippen molar-refractivity contribution in [3.05, 3.63) is 75.4 Å². The lowest BCUT2D eigenvalue weighted by molar-refractivity contribution is 0.466. The number of para-hydroxylation sites is 1. The van der Waals surface area contributed by atoms with E-state index < -0.39 is 0 Å². The van der Waals surface area contributed by atoms with Crippen LogP contribution >= 0.6 is 39.3 Å². The van der Waals surface area contributed by atoms with Crippen LogP contribution in [0.15, 0.2) is 78.5 Å². The molecular weight excluding hydrogens is 418 g/mol. The number of benzene rings is 2. The van der Waals surface area contributed by atoms with Gasteiger partial charge in [-0.15, -0.1) is 0 Å². The molecule has 3 aromatic rings. The van der Waals surface area contributed by atoms with Gasteiger partial charge < -0.3 is 4.42 Å². The van der Waals surface area contributed by atoms with Crippen LogP contribution in [0.25, 0.3) is 0 Å². The van der Waals surface area contributed by atoms with Crippen LogP contribution in [0.2, 0.25) is 5.02 Å². The Bertz CT molecular complexity index is 887. The SMILES string of the molecule is CC(C)c1ccccc1N=Cc1cc(Br)c(Sc2ccc(Cl)cc2)o1. The second-order valence-electron chi connectivity index (χ2n) is 5.81. The normalized spacial score (nSPS) is 11.6. The van der Waals surface area contributed by atoms with Crippen molar-refractivity contribution in [3.8, 4) is 0 Å². The molecule has 0 amide bonds. The summed E-state index contributed by atoms with van der Waals surface area (Å²) in [6.07, 6.45) is 1.76. The fourth-order valence-electron chi connectivity index (χ4n) is 2.34. The summed E-state index contributed by atoms with van der Waals surface area (Å²) >= 11 is 11.0. The minimum atomic E-state index is 0.424. The van der Waals surface area contributed by atoms with Crippen LogP contribution in [0.4, 0.5) is 5.69 Å². The summed E-state index contributed by atoms with van der Waals surface area (Å²) in [5.74, 6) is 1.13. The summed E-state index contributed by atoms with van der Waals surface area (Å²) in [6.45, 7) is 4.33. The molecule has 0 aliphatic rings. The van der Waals surface area contributed by atoms with Crippen molar-refractivity contribution < 1.29 is 4.42 Å². The predicted molar refractivity (Wildman–Crippen MR) is 110 cm³/mol. The minimum Gasteiger partial charge on any atom is -0.447 e. The average Bonchev–Trinajstić information content (AvgIpc) is 2.95. The largest absolute Gasteiger partial charge is 0.447 e. The molecule has 0 bridgehead atoms. The van der Waals surface area contributed by atoms with Gasteiger partial charge in [0, 0.05) is 16.0 Å². The van der Waals surface area contributed by atoms with Gasteiger partial charge in [0.05, 0.1) is 16.4 Å². The number of furan rings is 1. The smallest absolute Gasteiger partial charge is 0.179 e. The van der Waals surface area contributed by atoms with Gasteiger partial charge in [-0.2, -0.15) is 0 Å². The Kier molecular flexibility index (Phi) is 6.05. The maximum absolute atomic E-state index is 5.93. The topological polar surface area (TPSA) is 25.5 Å². The molecule has 0 aliphatic heterocycles. The number of rotatable bonds is 5. The molecule has 0 atom stereocenters. The van der Waals surface area contributed by atoms with Crippen molar-refractivity contribution in [3.63, 3.8) is 0 Å². The zero-order chi connectivity index (χ0) is 17.8. The van der Waals surface area contributed by atoms with Crippen LogP contribution in [0.1, 0.15) is 31.1 Å². The van der Waals surface area contributed by atoms with Crippen molar-refractivity contribution in [1.82, 2.24) is 0 Å². The highest BCUT2D eigenvalue weighted by molar-refractivity contribution is 9.10. The Labute approximate surface area is 165 Å². The van der Waals surface area contributed by atoms with E-state index in [2.05, 4.69) is 40.8 Å². The fraction of sp³-hybridized carbons (Fsp3) is 0.150. The first-order valence-corrected chi connectivity index (χ1v) is 9.87. The van der Waals surface area contributed by atoms with E-state index in [0.29, 0.717) is 11.7 Å². The van der Waals surface area contributed by atoms with Crippen molar-refractivity contribution >= 4 is 51.2 Å². The summed E-state index contributed by atoms with van der Waals surface area (Å²) in [5, 5.41) is 1.51. The number of nitrogens with zero attached hydrogens (tertiary/aromatic N) is 1. The molecule has 0 N–H and O–H groups in total. The van der Waals surface area contributed by atoms with Crippen molar-refractivity contribution in [2.45, 2.75) is 29.8 Å². The lowest BCUT2D eigenvalue weighted by atomic mass is 10.0. The van der Waals surface area contributed by atoms with E-state index in [9.17, 15) is 0 Å². The first-order valence-electron chi connectivity index (χ1n) is 7.88. The summed E-state index contributed by atoms with van der Waals surface area (Å²) in [5.41, 5.74) is 2.19. The fourth-order valence-corrected chi connectivity index (χ4v) is 3.79. The lowest BCUT2D eigenvalue weighted by Crippen LogP contribution is -1.87. The van der Waals surface area contributed by atoms with E-state index in [1.807, 2.05) is 48.5 Å². The molecule has 3 rings (SSSR count). The van der Waals surface area contributed by atoms with Crippen LogP contribution in [-0.4, -0.2) is 6.21 Å². The highest BCUT2D eigenvalue weighted by atomic mass is 79.9. The third-order valence-corrected chi connectivity index (χ3v) is 5.69. The highest BCUT2D eigenvalue weighted by Gasteiger charge is 2.10. The second-order valence-corrected chi connectivity index (χ2v) is 8.15. The van der Waals surface area contributed by atoms with E-state index in [-0.39, 0.29) is 0 Å². The van der Waals surface area contributed by atoms with Crippen LogP contribution in [0, 0.1) is 0 Å². The Morgan fingerprint density at radius 3 is 2.56 bits per heavy atom. The van der Waals surface area contributed by atoms with Crippen LogP contribution in [0.5, 0.6) is 0 Å². The van der Waals surface area contributed by atoms with Crippen molar-refractivity contribution in [2.24, 2.45) is 4.99 Å². The number of aliphatic imine (C=N–C) groups is 1. The molecule has 1 aromatic heterocycles. The van der Waals surface area contributed by atoms with Gasteiger partial charge in [0.1, 0.15) is 5.76 Å². The Hall–Kier alpha value is -1.49. The maximum atomic E-state index is 5.93. The second kappa shape index (κ2) is 8.26. The molecule has 0 spiro atoms. The van der Waals surface area contributed by atoms with E-state index in [4.69, 9.17) is 16.0 Å². The van der Waals surface area contributed by atoms with Gasteiger partial charge in [0.25, 0.3) is 0 Å². The molecular formula is C20H17BrClNOS.